The molecule has 5 heteroatoms. The molecule has 0 aliphatic rings. The molecule has 0 aliphatic heterocycles. The Bertz CT molecular complexity index is 651. The van der Waals surface area contributed by atoms with Crippen molar-refractivity contribution in [1.82, 2.24) is 0 Å². The summed E-state index contributed by atoms with van der Waals surface area (Å²) in [6.45, 7) is 0. The zero-order chi connectivity index (χ0) is 13.2. The zero-order valence-electron chi connectivity index (χ0n) is 9.51. The summed E-state index contributed by atoms with van der Waals surface area (Å²) in [7, 11) is -3.39. The predicted octanol–water partition coefficient (Wildman–Crippen LogP) is 2.90. The van der Waals surface area contributed by atoms with Crippen molar-refractivity contribution in [3.8, 4) is 0 Å². The van der Waals surface area contributed by atoms with Crippen LogP contribution < -0.4 is 5.73 Å². The molecule has 0 bridgehead atoms. The fraction of sp³-hybridized carbons (Fsp3) is 0.0769. The molecule has 0 unspecified atom stereocenters. The number of rotatable bonds is 3. The lowest BCUT2D eigenvalue weighted by Crippen LogP contribution is -2.05. The van der Waals surface area contributed by atoms with E-state index in [4.69, 9.17) is 17.3 Å². The molecule has 3 nitrogen and oxygen atoms in total. The van der Waals surface area contributed by atoms with Gasteiger partial charge in [-0.1, -0.05) is 29.8 Å². The summed E-state index contributed by atoms with van der Waals surface area (Å²) in [4.78, 5) is 0.247. The highest BCUT2D eigenvalue weighted by Gasteiger charge is 2.16. The van der Waals surface area contributed by atoms with Gasteiger partial charge in [-0.2, -0.15) is 0 Å². The maximum atomic E-state index is 12.2. The molecule has 0 aliphatic carbocycles. The summed E-state index contributed by atoms with van der Waals surface area (Å²) in [6, 6.07) is 13.1. The van der Waals surface area contributed by atoms with Crippen LogP contribution in [0.15, 0.2) is 53.4 Å². The third-order valence-corrected chi connectivity index (χ3v) is 4.59. The van der Waals surface area contributed by atoms with E-state index in [0.717, 1.165) is 0 Å². The van der Waals surface area contributed by atoms with Gasteiger partial charge in [-0.05, 0) is 35.9 Å². The molecule has 2 rings (SSSR count). The second-order valence-electron chi connectivity index (χ2n) is 3.92. The monoisotopic (exact) mass is 281 g/mol. The summed E-state index contributed by atoms with van der Waals surface area (Å²) in [6.07, 6.45) is 0. The molecule has 0 fully saturated rings. The standard InChI is InChI=1S/C13H12ClNO2S/c14-13-4-2-1-3-10(13)9-18(16,17)12-7-5-11(15)6-8-12/h1-8H,9,15H2. The number of sulfone groups is 1. The summed E-state index contributed by atoms with van der Waals surface area (Å²) in [5.74, 6) is -0.114. The molecule has 0 spiro atoms. The van der Waals surface area contributed by atoms with Gasteiger partial charge in [0.15, 0.2) is 9.84 Å². The fourth-order valence-corrected chi connectivity index (χ4v) is 3.24. The Hall–Kier alpha value is -1.52. The van der Waals surface area contributed by atoms with Crippen LogP contribution in [0.2, 0.25) is 5.02 Å². The van der Waals surface area contributed by atoms with E-state index in [9.17, 15) is 8.42 Å². The lowest BCUT2D eigenvalue weighted by atomic mass is 10.2. The Labute approximate surface area is 111 Å². The maximum Gasteiger partial charge on any atom is 0.182 e. The average Bonchev–Trinajstić information content (AvgIpc) is 2.32. The van der Waals surface area contributed by atoms with Crippen molar-refractivity contribution in [2.75, 3.05) is 5.73 Å². The van der Waals surface area contributed by atoms with E-state index in [0.29, 0.717) is 16.3 Å². The van der Waals surface area contributed by atoms with Gasteiger partial charge in [0.25, 0.3) is 0 Å². The fourth-order valence-electron chi connectivity index (χ4n) is 1.58. The quantitative estimate of drug-likeness (QED) is 0.880. The maximum absolute atomic E-state index is 12.2. The van der Waals surface area contributed by atoms with Crippen molar-refractivity contribution in [1.29, 1.82) is 0 Å². The molecular formula is C13H12ClNO2S. The van der Waals surface area contributed by atoms with Gasteiger partial charge in [-0.15, -0.1) is 0 Å². The van der Waals surface area contributed by atoms with Crippen LogP contribution in [0, 0.1) is 0 Å². The first-order valence-electron chi connectivity index (χ1n) is 5.31. The van der Waals surface area contributed by atoms with Gasteiger partial charge < -0.3 is 5.73 Å². The summed E-state index contributed by atoms with van der Waals surface area (Å²) < 4.78 is 24.3. The molecule has 0 saturated carbocycles. The van der Waals surface area contributed by atoms with E-state index in [1.54, 1.807) is 36.4 Å². The number of anilines is 1. The number of halogens is 1. The van der Waals surface area contributed by atoms with E-state index in [1.807, 2.05) is 0 Å². The molecule has 0 amide bonds. The summed E-state index contributed by atoms with van der Waals surface area (Å²) in [5, 5.41) is 0.455. The lowest BCUT2D eigenvalue weighted by Gasteiger charge is -2.06. The Morgan fingerprint density at radius 1 is 1.00 bits per heavy atom. The Kier molecular flexibility index (Phi) is 3.59. The SMILES string of the molecule is Nc1ccc(S(=O)(=O)Cc2ccccc2Cl)cc1. The third-order valence-electron chi connectivity index (χ3n) is 2.54. The molecule has 2 N–H and O–H groups in total. The van der Waals surface area contributed by atoms with E-state index in [2.05, 4.69) is 0 Å². The third kappa shape index (κ3) is 2.83. The van der Waals surface area contributed by atoms with Crippen molar-refractivity contribution in [3.63, 3.8) is 0 Å². The molecule has 0 saturated heterocycles. The minimum Gasteiger partial charge on any atom is -0.399 e. The number of benzene rings is 2. The minimum absolute atomic E-state index is 0.114. The highest BCUT2D eigenvalue weighted by molar-refractivity contribution is 7.90. The molecule has 0 heterocycles. The summed E-state index contributed by atoms with van der Waals surface area (Å²) >= 11 is 5.96. The summed E-state index contributed by atoms with van der Waals surface area (Å²) in [5.41, 5.74) is 6.66. The minimum atomic E-state index is -3.39. The molecule has 2 aromatic rings. The highest BCUT2D eigenvalue weighted by atomic mass is 35.5. The van der Waals surface area contributed by atoms with Gasteiger partial charge in [-0.3, -0.25) is 0 Å². The van der Waals surface area contributed by atoms with Gasteiger partial charge in [0.2, 0.25) is 0 Å². The second-order valence-corrected chi connectivity index (χ2v) is 6.32. The van der Waals surface area contributed by atoms with E-state index in [1.165, 1.54) is 12.1 Å². The van der Waals surface area contributed by atoms with Crippen molar-refractivity contribution in [2.45, 2.75) is 10.6 Å². The van der Waals surface area contributed by atoms with Crippen LogP contribution in [0.4, 0.5) is 5.69 Å². The number of nitrogen functional groups attached to an aromatic ring is 1. The van der Waals surface area contributed by atoms with Crippen LogP contribution in [0.25, 0.3) is 0 Å². The topological polar surface area (TPSA) is 60.2 Å². The van der Waals surface area contributed by atoms with Crippen molar-refractivity contribution in [2.24, 2.45) is 0 Å². The smallest absolute Gasteiger partial charge is 0.182 e. The molecule has 0 radical (unpaired) electrons. The van der Waals surface area contributed by atoms with Gasteiger partial charge in [0, 0.05) is 10.7 Å². The van der Waals surface area contributed by atoms with Crippen LogP contribution in [0.5, 0.6) is 0 Å². The Balaban J connectivity index is 2.33. The molecule has 2 aromatic carbocycles. The highest BCUT2D eigenvalue weighted by Crippen LogP contribution is 2.22. The van der Waals surface area contributed by atoms with Gasteiger partial charge in [0.1, 0.15) is 0 Å². The first kappa shape index (κ1) is 12.9. The normalized spacial score (nSPS) is 11.4. The number of nitrogens with two attached hydrogens (primary N) is 1. The zero-order valence-corrected chi connectivity index (χ0v) is 11.1. The first-order chi connectivity index (χ1) is 8.49. The van der Waals surface area contributed by atoms with Crippen LogP contribution in [-0.2, 0) is 15.6 Å². The predicted molar refractivity (Wildman–Crippen MR) is 73.2 cm³/mol. The molecular weight excluding hydrogens is 270 g/mol. The van der Waals surface area contributed by atoms with Crippen molar-refractivity contribution < 1.29 is 8.42 Å². The first-order valence-corrected chi connectivity index (χ1v) is 7.34. The van der Waals surface area contributed by atoms with Gasteiger partial charge in [0.05, 0.1) is 10.6 Å². The van der Waals surface area contributed by atoms with E-state index in [-0.39, 0.29) is 10.6 Å². The van der Waals surface area contributed by atoms with Crippen LogP contribution in [0.3, 0.4) is 0 Å². The van der Waals surface area contributed by atoms with Crippen molar-refractivity contribution in [3.05, 3.63) is 59.1 Å². The Morgan fingerprint density at radius 2 is 1.61 bits per heavy atom. The van der Waals surface area contributed by atoms with Crippen LogP contribution in [0.1, 0.15) is 5.56 Å². The molecule has 18 heavy (non-hydrogen) atoms. The largest absolute Gasteiger partial charge is 0.399 e. The molecule has 0 aromatic heterocycles. The number of hydrogen-bond acceptors (Lipinski definition) is 3. The second kappa shape index (κ2) is 5.00. The van der Waals surface area contributed by atoms with Gasteiger partial charge in [-0.25, -0.2) is 8.42 Å². The lowest BCUT2D eigenvalue weighted by molar-refractivity contribution is 0.595. The molecule has 94 valence electrons. The van der Waals surface area contributed by atoms with Crippen LogP contribution in [-0.4, -0.2) is 8.42 Å². The Morgan fingerprint density at radius 3 is 2.22 bits per heavy atom. The number of hydrogen-bond donors (Lipinski definition) is 1. The van der Waals surface area contributed by atoms with E-state index >= 15 is 0 Å². The van der Waals surface area contributed by atoms with Crippen LogP contribution >= 0.6 is 11.6 Å². The van der Waals surface area contributed by atoms with E-state index < -0.39 is 9.84 Å². The van der Waals surface area contributed by atoms with Crippen molar-refractivity contribution >= 4 is 27.1 Å². The van der Waals surface area contributed by atoms with Gasteiger partial charge >= 0.3 is 0 Å². The average molecular weight is 282 g/mol. The molecule has 0 atom stereocenters.